The summed E-state index contributed by atoms with van der Waals surface area (Å²) in [6.45, 7) is 6.18. The maximum Gasteiger partial charge on any atom is 0.343 e. The molecule has 156 valence electrons. The van der Waals surface area contributed by atoms with E-state index < -0.39 is 16.0 Å². The first-order valence-electron chi connectivity index (χ1n) is 9.33. The normalized spacial score (nSPS) is 20.3. The van der Waals surface area contributed by atoms with Crippen LogP contribution in [0.5, 0.6) is 11.5 Å². The largest absolute Gasteiger partial charge is 0.493 e. The van der Waals surface area contributed by atoms with E-state index in [-0.39, 0.29) is 22.7 Å². The summed E-state index contributed by atoms with van der Waals surface area (Å²) in [6.07, 6.45) is -0.348. The highest BCUT2D eigenvalue weighted by molar-refractivity contribution is 7.89. The monoisotopic (exact) mass is 419 g/mol. The molecule has 0 unspecified atom stereocenters. The number of ether oxygens (including phenoxy) is 3. The van der Waals surface area contributed by atoms with Crippen molar-refractivity contribution in [2.75, 3.05) is 20.2 Å². The number of nitrogens with zero attached hydrogens (tertiary/aromatic N) is 1. The maximum atomic E-state index is 12.9. The first-order chi connectivity index (χ1) is 13.7. The standard InChI is InChI=1S/C21H25NO6S/c1-14-5-10-19(20(11-14)26-4)28-21(23)17-6-8-18(9-7-17)29(24,25)22-12-15(2)27-16(3)13-22/h5-11,15-16H,12-13H2,1-4H3/t15-,16+. The second-order valence-corrected chi connectivity index (χ2v) is 9.09. The lowest BCUT2D eigenvalue weighted by molar-refractivity contribution is -0.0440. The highest BCUT2D eigenvalue weighted by Crippen LogP contribution is 2.29. The second kappa shape index (κ2) is 8.52. The van der Waals surface area contributed by atoms with Gasteiger partial charge in [0.25, 0.3) is 0 Å². The van der Waals surface area contributed by atoms with Gasteiger partial charge in [0, 0.05) is 13.1 Å². The number of carbonyl (C=O) groups excluding carboxylic acids is 1. The lowest BCUT2D eigenvalue weighted by Crippen LogP contribution is -2.48. The molecule has 0 aliphatic carbocycles. The summed E-state index contributed by atoms with van der Waals surface area (Å²) in [6, 6.07) is 11.0. The van der Waals surface area contributed by atoms with Crippen LogP contribution in [0.25, 0.3) is 0 Å². The molecule has 2 aromatic rings. The number of carbonyl (C=O) groups is 1. The molecule has 2 aromatic carbocycles. The molecule has 3 rings (SSSR count). The first-order valence-corrected chi connectivity index (χ1v) is 10.8. The molecule has 1 heterocycles. The van der Waals surface area contributed by atoms with Crippen LogP contribution < -0.4 is 9.47 Å². The van der Waals surface area contributed by atoms with Gasteiger partial charge >= 0.3 is 5.97 Å². The molecule has 2 atom stereocenters. The minimum Gasteiger partial charge on any atom is -0.493 e. The van der Waals surface area contributed by atoms with Crippen LogP contribution in [0, 0.1) is 6.92 Å². The van der Waals surface area contributed by atoms with Crippen LogP contribution in [0.2, 0.25) is 0 Å². The van der Waals surface area contributed by atoms with Gasteiger partial charge in [-0.15, -0.1) is 0 Å². The average molecular weight is 419 g/mol. The predicted octanol–water partition coefficient (Wildman–Crippen LogP) is 3.02. The molecular formula is C21H25NO6S. The third-order valence-corrected chi connectivity index (χ3v) is 6.48. The highest BCUT2D eigenvalue weighted by Gasteiger charge is 2.32. The fourth-order valence-electron chi connectivity index (χ4n) is 3.26. The number of sulfonamides is 1. The molecule has 0 saturated carbocycles. The van der Waals surface area contributed by atoms with E-state index in [1.807, 2.05) is 26.8 Å². The van der Waals surface area contributed by atoms with Crippen LogP contribution in [0.15, 0.2) is 47.4 Å². The average Bonchev–Trinajstić information content (AvgIpc) is 2.68. The van der Waals surface area contributed by atoms with Crippen molar-refractivity contribution in [2.24, 2.45) is 0 Å². The van der Waals surface area contributed by atoms with Crippen molar-refractivity contribution in [3.63, 3.8) is 0 Å². The Balaban J connectivity index is 1.77. The van der Waals surface area contributed by atoms with Gasteiger partial charge in [-0.3, -0.25) is 0 Å². The molecule has 8 heteroatoms. The van der Waals surface area contributed by atoms with E-state index in [2.05, 4.69) is 0 Å². The van der Waals surface area contributed by atoms with Crippen LogP contribution in [0.4, 0.5) is 0 Å². The van der Waals surface area contributed by atoms with Crippen molar-refractivity contribution in [2.45, 2.75) is 37.9 Å². The molecule has 1 fully saturated rings. The maximum absolute atomic E-state index is 12.9. The molecule has 0 bridgehead atoms. The van der Waals surface area contributed by atoms with Crippen LogP contribution in [-0.2, 0) is 14.8 Å². The van der Waals surface area contributed by atoms with E-state index in [0.29, 0.717) is 24.6 Å². The Hall–Kier alpha value is -2.42. The van der Waals surface area contributed by atoms with E-state index >= 15 is 0 Å². The number of benzene rings is 2. The van der Waals surface area contributed by atoms with Crippen LogP contribution in [0.3, 0.4) is 0 Å². The van der Waals surface area contributed by atoms with Gasteiger partial charge in [0.2, 0.25) is 10.0 Å². The van der Waals surface area contributed by atoms with Crippen molar-refractivity contribution in [1.82, 2.24) is 4.31 Å². The van der Waals surface area contributed by atoms with Crippen molar-refractivity contribution in [1.29, 1.82) is 0 Å². The minimum atomic E-state index is -3.66. The van der Waals surface area contributed by atoms with E-state index in [1.165, 1.54) is 35.7 Å². The zero-order valence-electron chi connectivity index (χ0n) is 16.9. The van der Waals surface area contributed by atoms with E-state index in [4.69, 9.17) is 14.2 Å². The summed E-state index contributed by atoms with van der Waals surface area (Å²) in [7, 11) is -2.16. The molecule has 1 aliphatic rings. The van der Waals surface area contributed by atoms with Crippen molar-refractivity contribution in [3.8, 4) is 11.5 Å². The van der Waals surface area contributed by atoms with Gasteiger partial charge in [-0.25, -0.2) is 13.2 Å². The molecule has 29 heavy (non-hydrogen) atoms. The Morgan fingerprint density at radius 1 is 1.03 bits per heavy atom. The Labute approximate surface area is 171 Å². The molecule has 0 radical (unpaired) electrons. The SMILES string of the molecule is COc1cc(C)ccc1OC(=O)c1ccc(S(=O)(=O)N2C[C@@H](C)O[C@@H](C)C2)cc1. The minimum absolute atomic E-state index is 0.128. The Morgan fingerprint density at radius 2 is 1.66 bits per heavy atom. The number of morpholine rings is 1. The number of methoxy groups -OCH3 is 1. The first kappa shape index (κ1) is 21.3. The zero-order valence-corrected chi connectivity index (χ0v) is 17.7. The summed E-state index contributed by atoms with van der Waals surface area (Å²) < 4.78 is 43.5. The summed E-state index contributed by atoms with van der Waals surface area (Å²) in [4.78, 5) is 12.6. The summed E-state index contributed by atoms with van der Waals surface area (Å²) in [5.74, 6) is 0.161. The molecule has 1 aliphatic heterocycles. The Kier molecular flexibility index (Phi) is 6.26. The molecule has 0 amide bonds. The van der Waals surface area contributed by atoms with Crippen molar-refractivity contribution in [3.05, 3.63) is 53.6 Å². The van der Waals surface area contributed by atoms with Crippen molar-refractivity contribution < 1.29 is 27.4 Å². The summed E-state index contributed by atoms with van der Waals surface area (Å²) in [5.41, 5.74) is 1.22. The molecule has 7 nitrogen and oxygen atoms in total. The number of esters is 1. The Bertz CT molecular complexity index is 977. The third-order valence-electron chi connectivity index (χ3n) is 4.64. The fourth-order valence-corrected chi connectivity index (χ4v) is 4.85. The Morgan fingerprint density at radius 3 is 2.24 bits per heavy atom. The van der Waals surface area contributed by atoms with Crippen LogP contribution in [0.1, 0.15) is 29.8 Å². The third kappa shape index (κ3) is 4.77. The van der Waals surface area contributed by atoms with Gasteiger partial charge in [-0.1, -0.05) is 6.07 Å². The van der Waals surface area contributed by atoms with Gasteiger partial charge < -0.3 is 14.2 Å². The number of aryl methyl sites for hydroxylation is 1. The smallest absolute Gasteiger partial charge is 0.343 e. The van der Waals surface area contributed by atoms with E-state index in [0.717, 1.165) is 5.56 Å². The van der Waals surface area contributed by atoms with Crippen LogP contribution >= 0.6 is 0 Å². The molecule has 0 spiro atoms. The number of hydrogen-bond donors (Lipinski definition) is 0. The lowest BCUT2D eigenvalue weighted by atomic mass is 10.2. The molecular weight excluding hydrogens is 394 g/mol. The predicted molar refractivity (Wildman–Crippen MR) is 108 cm³/mol. The quantitative estimate of drug-likeness (QED) is 0.547. The molecule has 0 N–H and O–H groups in total. The molecule has 1 saturated heterocycles. The fraction of sp³-hybridized carbons (Fsp3) is 0.381. The van der Waals surface area contributed by atoms with Gasteiger partial charge in [0.15, 0.2) is 11.5 Å². The number of rotatable bonds is 5. The van der Waals surface area contributed by atoms with Crippen molar-refractivity contribution >= 4 is 16.0 Å². The summed E-state index contributed by atoms with van der Waals surface area (Å²) in [5, 5.41) is 0. The van der Waals surface area contributed by atoms with E-state index in [9.17, 15) is 13.2 Å². The van der Waals surface area contributed by atoms with Gasteiger partial charge in [-0.2, -0.15) is 4.31 Å². The van der Waals surface area contributed by atoms with Crippen LogP contribution in [-0.4, -0.2) is 51.1 Å². The summed E-state index contributed by atoms with van der Waals surface area (Å²) >= 11 is 0. The van der Waals surface area contributed by atoms with Gasteiger partial charge in [-0.05, 0) is 62.7 Å². The zero-order chi connectivity index (χ0) is 21.2. The van der Waals surface area contributed by atoms with E-state index in [1.54, 1.807) is 12.1 Å². The van der Waals surface area contributed by atoms with Gasteiger partial charge in [0.1, 0.15) is 0 Å². The number of hydrogen-bond acceptors (Lipinski definition) is 6. The lowest BCUT2D eigenvalue weighted by Gasteiger charge is -2.34. The topological polar surface area (TPSA) is 82.1 Å². The van der Waals surface area contributed by atoms with Gasteiger partial charge in [0.05, 0.1) is 29.8 Å². The molecule has 0 aromatic heterocycles. The second-order valence-electron chi connectivity index (χ2n) is 7.15. The highest BCUT2D eigenvalue weighted by atomic mass is 32.2.